The molecule has 1 aromatic heterocycles. The van der Waals surface area contributed by atoms with E-state index in [1.165, 1.54) is 17.3 Å². The number of carbonyl (C=O) groups is 1. The molecule has 5 rings (SSSR count). The van der Waals surface area contributed by atoms with Gasteiger partial charge in [-0.15, -0.1) is 10.2 Å². The first-order chi connectivity index (χ1) is 17.7. The number of nitrogens with zero attached hydrogens (tertiary/aromatic N) is 4. The van der Waals surface area contributed by atoms with Crippen molar-refractivity contribution in [1.82, 2.24) is 19.7 Å². The molecule has 0 spiro atoms. The number of piperidine rings is 1. The summed E-state index contributed by atoms with van der Waals surface area (Å²) < 4.78 is 7.61. The zero-order valence-electron chi connectivity index (χ0n) is 20.4. The van der Waals surface area contributed by atoms with E-state index in [1.807, 2.05) is 64.1 Å². The lowest BCUT2D eigenvalue weighted by Gasteiger charge is -2.32. The van der Waals surface area contributed by atoms with Crippen LogP contribution in [0.3, 0.4) is 0 Å². The maximum absolute atomic E-state index is 13.1. The van der Waals surface area contributed by atoms with Gasteiger partial charge in [0.25, 0.3) is 0 Å². The van der Waals surface area contributed by atoms with Crippen LogP contribution in [0.2, 0.25) is 0 Å². The lowest BCUT2D eigenvalue weighted by molar-refractivity contribution is -0.129. The number of methoxy groups -OCH3 is 1. The minimum Gasteiger partial charge on any atom is -0.495 e. The SMILES string of the molecule is COc1ccccc1-n1c(SCC(=O)N2CCC(Cc3ccccc3)CC2)nnc1-c1ccccc1. The molecule has 36 heavy (non-hydrogen) atoms. The summed E-state index contributed by atoms with van der Waals surface area (Å²) in [5, 5.41) is 9.63. The third-order valence-corrected chi connectivity index (χ3v) is 7.56. The summed E-state index contributed by atoms with van der Waals surface area (Å²) in [6, 6.07) is 28.4. The van der Waals surface area contributed by atoms with Crippen molar-refractivity contribution in [3.63, 3.8) is 0 Å². The van der Waals surface area contributed by atoms with Gasteiger partial charge in [0.15, 0.2) is 11.0 Å². The molecule has 3 aromatic carbocycles. The Kier molecular flexibility index (Phi) is 7.67. The third-order valence-electron chi connectivity index (χ3n) is 6.65. The molecule has 184 valence electrons. The number of amides is 1. The summed E-state index contributed by atoms with van der Waals surface area (Å²) in [6.07, 6.45) is 3.17. The van der Waals surface area contributed by atoms with E-state index in [-0.39, 0.29) is 5.91 Å². The summed E-state index contributed by atoms with van der Waals surface area (Å²) >= 11 is 1.42. The molecule has 0 aliphatic carbocycles. The zero-order valence-corrected chi connectivity index (χ0v) is 21.2. The number of hydrogen-bond acceptors (Lipinski definition) is 5. The van der Waals surface area contributed by atoms with Crippen LogP contribution in [0.4, 0.5) is 0 Å². The van der Waals surface area contributed by atoms with Crippen LogP contribution >= 0.6 is 11.8 Å². The van der Waals surface area contributed by atoms with E-state index in [4.69, 9.17) is 4.74 Å². The molecule has 1 saturated heterocycles. The first-order valence-electron chi connectivity index (χ1n) is 12.3. The van der Waals surface area contributed by atoms with E-state index < -0.39 is 0 Å². The average Bonchev–Trinajstić information content (AvgIpc) is 3.37. The first-order valence-corrected chi connectivity index (χ1v) is 13.3. The Morgan fingerprint density at radius 2 is 1.58 bits per heavy atom. The fourth-order valence-electron chi connectivity index (χ4n) is 4.72. The maximum atomic E-state index is 13.1. The van der Waals surface area contributed by atoms with Crippen LogP contribution in [0.15, 0.2) is 90.1 Å². The fourth-order valence-corrected chi connectivity index (χ4v) is 5.57. The Morgan fingerprint density at radius 1 is 0.917 bits per heavy atom. The minimum atomic E-state index is 0.147. The second-order valence-corrected chi connectivity index (χ2v) is 9.92. The number of aromatic nitrogens is 3. The standard InChI is InChI=1S/C29H30N4O2S/c1-35-26-15-9-8-14-25(26)33-28(24-12-6-3-7-13-24)30-31-29(33)36-21-27(34)32-18-16-23(17-19-32)20-22-10-4-2-5-11-22/h2-15,23H,16-21H2,1H3. The molecule has 1 amide bonds. The predicted octanol–water partition coefficient (Wildman–Crippen LogP) is 5.52. The number of thioether (sulfide) groups is 1. The third kappa shape index (κ3) is 5.46. The molecule has 4 aromatic rings. The van der Waals surface area contributed by atoms with Crippen molar-refractivity contribution < 1.29 is 9.53 Å². The van der Waals surface area contributed by atoms with Gasteiger partial charge in [-0.05, 0) is 42.9 Å². The number of likely N-dealkylation sites (tertiary alicyclic amines) is 1. The highest BCUT2D eigenvalue weighted by Crippen LogP contribution is 2.32. The van der Waals surface area contributed by atoms with Crippen LogP contribution < -0.4 is 4.74 Å². The number of hydrogen-bond donors (Lipinski definition) is 0. The van der Waals surface area contributed by atoms with Crippen molar-refractivity contribution in [2.24, 2.45) is 5.92 Å². The molecule has 0 atom stereocenters. The van der Waals surface area contributed by atoms with Gasteiger partial charge in [0, 0.05) is 18.7 Å². The van der Waals surface area contributed by atoms with Gasteiger partial charge in [0.2, 0.25) is 5.91 Å². The molecule has 0 N–H and O–H groups in total. The fraction of sp³-hybridized carbons (Fsp3) is 0.276. The molecule has 1 aliphatic heterocycles. The highest BCUT2D eigenvalue weighted by molar-refractivity contribution is 7.99. The zero-order chi connectivity index (χ0) is 24.7. The molecular weight excluding hydrogens is 468 g/mol. The van der Waals surface area contributed by atoms with E-state index in [2.05, 4.69) is 40.5 Å². The van der Waals surface area contributed by atoms with Gasteiger partial charge in [-0.25, -0.2) is 0 Å². The highest BCUT2D eigenvalue weighted by Gasteiger charge is 2.25. The Hall–Kier alpha value is -3.58. The van der Waals surface area contributed by atoms with Gasteiger partial charge in [-0.1, -0.05) is 84.6 Å². The molecule has 7 heteroatoms. The molecule has 6 nitrogen and oxygen atoms in total. The van der Waals surface area contributed by atoms with Crippen LogP contribution in [-0.2, 0) is 11.2 Å². The lowest BCUT2D eigenvalue weighted by atomic mass is 9.90. The smallest absolute Gasteiger partial charge is 0.233 e. The summed E-state index contributed by atoms with van der Waals surface area (Å²) in [6.45, 7) is 1.62. The molecule has 0 saturated carbocycles. The molecule has 1 fully saturated rings. The van der Waals surface area contributed by atoms with Crippen molar-refractivity contribution in [1.29, 1.82) is 0 Å². The van der Waals surface area contributed by atoms with Crippen molar-refractivity contribution in [3.8, 4) is 22.8 Å². The van der Waals surface area contributed by atoms with Gasteiger partial charge in [0.1, 0.15) is 5.75 Å². The van der Waals surface area contributed by atoms with Crippen molar-refractivity contribution in [2.45, 2.75) is 24.4 Å². The van der Waals surface area contributed by atoms with Crippen molar-refractivity contribution in [3.05, 3.63) is 90.5 Å². The van der Waals surface area contributed by atoms with Gasteiger partial charge < -0.3 is 9.64 Å². The summed E-state index contributed by atoms with van der Waals surface area (Å²) in [5.74, 6) is 2.55. The van der Waals surface area contributed by atoms with Crippen LogP contribution in [-0.4, -0.2) is 51.5 Å². The first kappa shape index (κ1) is 24.1. The number of carbonyl (C=O) groups excluding carboxylic acids is 1. The van der Waals surface area contributed by atoms with E-state index in [0.29, 0.717) is 16.8 Å². The Labute approximate surface area is 216 Å². The van der Waals surface area contributed by atoms with Gasteiger partial charge in [-0.2, -0.15) is 0 Å². The van der Waals surface area contributed by atoms with E-state index in [0.717, 1.165) is 55.2 Å². The molecule has 0 unspecified atom stereocenters. The molecule has 0 bridgehead atoms. The maximum Gasteiger partial charge on any atom is 0.233 e. The van der Waals surface area contributed by atoms with Crippen LogP contribution in [0, 0.1) is 5.92 Å². The minimum absolute atomic E-state index is 0.147. The predicted molar refractivity (Wildman–Crippen MR) is 144 cm³/mol. The summed E-state index contributed by atoms with van der Waals surface area (Å²) in [7, 11) is 1.66. The quantitative estimate of drug-likeness (QED) is 0.300. The van der Waals surface area contributed by atoms with E-state index in [1.54, 1.807) is 7.11 Å². The second-order valence-electron chi connectivity index (χ2n) is 8.98. The van der Waals surface area contributed by atoms with Crippen LogP contribution in [0.5, 0.6) is 5.75 Å². The summed E-state index contributed by atoms with van der Waals surface area (Å²) in [5.41, 5.74) is 3.18. The van der Waals surface area contributed by atoms with Crippen molar-refractivity contribution >= 4 is 17.7 Å². The highest BCUT2D eigenvalue weighted by atomic mass is 32.2. The Balaban J connectivity index is 1.28. The number of benzene rings is 3. The molecule has 2 heterocycles. The van der Waals surface area contributed by atoms with Crippen LogP contribution in [0.1, 0.15) is 18.4 Å². The lowest BCUT2D eigenvalue weighted by Crippen LogP contribution is -2.39. The van der Waals surface area contributed by atoms with Gasteiger partial charge >= 0.3 is 0 Å². The monoisotopic (exact) mass is 498 g/mol. The van der Waals surface area contributed by atoms with Gasteiger partial charge in [0.05, 0.1) is 18.6 Å². The molecular formula is C29H30N4O2S. The summed E-state index contributed by atoms with van der Waals surface area (Å²) in [4.78, 5) is 15.1. The topological polar surface area (TPSA) is 60.2 Å². The Morgan fingerprint density at radius 3 is 2.31 bits per heavy atom. The molecule has 0 radical (unpaired) electrons. The second kappa shape index (κ2) is 11.4. The largest absolute Gasteiger partial charge is 0.495 e. The average molecular weight is 499 g/mol. The normalized spacial score (nSPS) is 14.1. The van der Waals surface area contributed by atoms with E-state index in [9.17, 15) is 4.79 Å². The van der Waals surface area contributed by atoms with Crippen molar-refractivity contribution in [2.75, 3.05) is 26.0 Å². The number of ether oxygens (including phenoxy) is 1. The van der Waals surface area contributed by atoms with Gasteiger partial charge in [-0.3, -0.25) is 9.36 Å². The molecule has 1 aliphatic rings. The Bertz CT molecular complexity index is 1290. The number of rotatable bonds is 8. The van der Waals surface area contributed by atoms with E-state index >= 15 is 0 Å². The van der Waals surface area contributed by atoms with Crippen LogP contribution in [0.25, 0.3) is 17.1 Å². The number of para-hydroxylation sites is 2.